The van der Waals surface area contributed by atoms with Crippen LogP contribution in [0.2, 0.25) is 0 Å². The van der Waals surface area contributed by atoms with Crippen molar-refractivity contribution in [3.05, 3.63) is 58.9 Å². The minimum atomic E-state index is -0.321. The van der Waals surface area contributed by atoms with Gasteiger partial charge >= 0.3 is 0 Å². The first-order valence-electron chi connectivity index (χ1n) is 5.00. The SMILES string of the molecule is C=CSC(=C)C(=O)N/N=C/c1ccc(C)cc1. The van der Waals surface area contributed by atoms with E-state index in [1.165, 1.54) is 17.3 Å². The number of hydrazone groups is 1. The maximum atomic E-state index is 11.4. The second kappa shape index (κ2) is 6.70. The van der Waals surface area contributed by atoms with E-state index in [1.807, 2.05) is 31.2 Å². The number of amides is 1. The quantitative estimate of drug-likeness (QED) is 0.493. The van der Waals surface area contributed by atoms with E-state index in [0.717, 1.165) is 5.56 Å². The predicted molar refractivity (Wildman–Crippen MR) is 73.8 cm³/mol. The number of carbonyl (C=O) groups is 1. The van der Waals surface area contributed by atoms with Gasteiger partial charge in [-0.15, -0.1) is 0 Å². The van der Waals surface area contributed by atoms with Gasteiger partial charge in [0.25, 0.3) is 5.91 Å². The van der Waals surface area contributed by atoms with Crippen molar-refractivity contribution >= 4 is 23.9 Å². The molecule has 1 aromatic carbocycles. The van der Waals surface area contributed by atoms with Crippen LogP contribution in [0.5, 0.6) is 0 Å². The maximum absolute atomic E-state index is 11.4. The monoisotopic (exact) mass is 246 g/mol. The third kappa shape index (κ3) is 4.70. The van der Waals surface area contributed by atoms with Crippen LogP contribution in [0.3, 0.4) is 0 Å². The first-order valence-corrected chi connectivity index (χ1v) is 5.88. The lowest BCUT2D eigenvalue weighted by molar-refractivity contribution is -0.116. The molecule has 88 valence electrons. The van der Waals surface area contributed by atoms with Gasteiger partial charge in [-0.05, 0) is 17.9 Å². The van der Waals surface area contributed by atoms with Gasteiger partial charge in [0.15, 0.2) is 0 Å². The molecule has 0 bridgehead atoms. The van der Waals surface area contributed by atoms with Crippen LogP contribution in [-0.2, 0) is 4.79 Å². The molecule has 1 N–H and O–H groups in total. The number of hydrogen-bond acceptors (Lipinski definition) is 3. The Kier molecular flexibility index (Phi) is 5.23. The molecule has 17 heavy (non-hydrogen) atoms. The summed E-state index contributed by atoms with van der Waals surface area (Å²) >= 11 is 1.17. The maximum Gasteiger partial charge on any atom is 0.277 e. The van der Waals surface area contributed by atoms with Gasteiger partial charge in [0.05, 0.1) is 11.1 Å². The van der Waals surface area contributed by atoms with E-state index in [-0.39, 0.29) is 5.91 Å². The number of hydrogen-bond donors (Lipinski definition) is 1. The standard InChI is InChI=1S/C13H14N2OS/c1-4-17-11(3)13(16)15-14-9-12-7-5-10(2)6-8-12/h4-9H,1,3H2,2H3,(H,15,16)/b14-9+. The lowest BCUT2D eigenvalue weighted by Gasteiger charge is -1.99. The Balaban J connectivity index is 2.50. The Morgan fingerprint density at radius 1 is 1.41 bits per heavy atom. The summed E-state index contributed by atoms with van der Waals surface area (Å²) in [5.41, 5.74) is 4.50. The Morgan fingerprint density at radius 3 is 2.65 bits per heavy atom. The summed E-state index contributed by atoms with van der Waals surface area (Å²) in [5, 5.41) is 5.39. The Labute approximate surface area is 105 Å². The van der Waals surface area contributed by atoms with E-state index in [1.54, 1.807) is 11.6 Å². The lowest BCUT2D eigenvalue weighted by Crippen LogP contribution is -2.17. The summed E-state index contributed by atoms with van der Waals surface area (Å²) in [5.74, 6) is -0.321. The van der Waals surface area contributed by atoms with Crippen LogP contribution in [0.1, 0.15) is 11.1 Å². The highest BCUT2D eigenvalue weighted by atomic mass is 32.2. The minimum Gasteiger partial charge on any atom is -0.267 e. The van der Waals surface area contributed by atoms with Crippen LogP contribution < -0.4 is 5.43 Å². The molecule has 0 spiro atoms. The van der Waals surface area contributed by atoms with Gasteiger partial charge in [-0.1, -0.05) is 54.7 Å². The molecule has 0 heterocycles. The lowest BCUT2D eigenvalue weighted by atomic mass is 10.2. The molecule has 0 aromatic heterocycles. The summed E-state index contributed by atoms with van der Waals surface area (Å²) < 4.78 is 0. The molecule has 0 saturated carbocycles. The zero-order chi connectivity index (χ0) is 12.7. The summed E-state index contributed by atoms with van der Waals surface area (Å²) in [6, 6.07) is 7.82. The van der Waals surface area contributed by atoms with E-state index < -0.39 is 0 Å². The number of carbonyl (C=O) groups excluding carboxylic acids is 1. The van der Waals surface area contributed by atoms with Crippen LogP contribution in [0.4, 0.5) is 0 Å². The largest absolute Gasteiger partial charge is 0.277 e. The molecule has 1 aromatic rings. The van der Waals surface area contributed by atoms with Crippen molar-refractivity contribution in [2.24, 2.45) is 5.10 Å². The highest BCUT2D eigenvalue weighted by molar-refractivity contribution is 8.06. The van der Waals surface area contributed by atoms with Crippen molar-refractivity contribution in [3.63, 3.8) is 0 Å². The number of nitrogens with zero attached hydrogens (tertiary/aromatic N) is 1. The van der Waals surface area contributed by atoms with E-state index in [0.29, 0.717) is 4.91 Å². The molecule has 1 amide bonds. The molecule has 3 nitrogen and oxygen atoms in total. The minimum absolute atomic E-state index is 0.321. The fourth-order valence-corrected chi connectivity index (χ4v) is 1.39. The van der Waals surface area contributed by atoms with Crippen molar-refractivity contribution in [2.45, 2.75) is 6.92 Å². The molecule has 4 heteroatoms. The van der Waals surface area contributed by atoms with Gasteiger partial charge in [0.1, 0.15) is 0 Å². The molecule has 0 fully saturated rings. The summed E-state index contributed by atoms with van der Waals surface area (Å²) in [6.45, 7) is 9.10. The molecule has 0 aliphatic rings. The van der Waals surface area contributed by atoms with Crippen LogP contribution in [0.15, 0.2) is 52.8 Å². The van der Waals surface area contributed by atoms with Gasteiger partial charge in [-0.3, -0.25) is 4.79 Å². The van der Waals surface area contributed by atoms with E-state index >= 15 is 0 Å². The van der Waals surface area contributed by atoms with E-state index in [2.05, 4.69) is 23.7 Å². The molecule has 0 aliphatic carbocycles. The Bertz CT molecular complexity index is 449. The zero-order valence-corrected chi connectivity index (χ0v) is 10.5. The Hall–Kier alpha value is -1.81. The van der Waals surface area contributed by atoms with Gasteiger partial charge in [-0.25, -0.2) is 5.43 Å². The van der Waals surface area contributed by atoms with Crippen LogP contribution in [-0.4, -0.2) is 12.1 Å². The summed E-state index contributed by atoms with van der Waals surface area (Å²) in [4.78, 5) is 11.7. The second-order valence-corrected chi connectivity index (χ2v) is 4.38. The molecule has 0 atom stereocenters. The normalized spacial score (nSPS) is 10.2. The van der Waals surface area contributed by atoms with Crippen LogP contribution in [0, 0.1) is 6.92 Å². The van der Waals surface area contributed by atoms with E-state index in [9.17, 15) is 4.79 Å². The van der Waals surface area contributed by atoms with Gasteiger partial charge in [-0.2, -0.15) is 5.10 Å². The summed E-state index contributed by atoms with van der Waals surface area (Å²) in [6.07, 6.45) is 1.59. The van der Waals surface area contributed by atoms with E-state index in [4.69, 9.17) is 0 Å². The highest BCUT2D eigenvalue weighted by Gasteiger charge is 2.03. The van der Waals surface area contributed by atoms with Crippen molar-refractivity contribution in [1.29, 1.82) is 0 Å². The molecule has 0 unspecified atom stereocenters. The molecule has 0 saturated heterocycles. The predicted octanol–water partition coefficient (Wildman–Crippen LogP) is 2.84. The average molecular weight is 246 g/mol. The molecular formula is C13H14N2OS. The third-order valence-corrected chi connectivity index (χ3v) is 2.57. The van der Waals surface area contributed by atoms with Crippen molar-refractivity contribution in [1.82, 2.24) is 5.43 Å². The highest BCUT2D eigenvalue weighted by Crippen LogP contribution is 2.12. The number of thioether (sulfide) groups is 1. The third-order valence-electron chi connectivity index (χ3n) is 1.94. The second-order valence-electron chi connectivity index (χ2n) is 3.32. The fraction of sp³-hybridized carbons (Fsp3) is 0.0769. The topological polar surface area (TPSA) is 41.5 Å². The average Bonchev–Trinajstić information content (AvgIpc) is 2.32. The first kappa shape index (κ1) is 13.3. The van der Waals surface area contributed by atoms with Gasteiger partial charge in [0, 0.05) is 0 Å². The number of rotatable bonds is 5. The number of aryl methyl sites for hydroxylation is 1. The molecule has 0 aliphatic heterocycles. The molecular weight excluding hydrogens is 232 g/mol. The van der Waals surface area contributed by atoms with Crippen LogP contribution >= 0.6 is 11.8 Å². The molecule has 0 radical (unpaired) electrons. The number of nitrogens with one attached hydrogen (secondary N) is 1. The first-order chi connectivity index (χ1) is 8.13. The van der Waals surface area contributed by atoms with Crippen LogP contribution in [0.25, 0.3) is 0 Å². The Morgan fingerprint density at radius 2 is 2.06 bits per heavy atom. The van der Waals surface area contributed by atoms with Crippen molar-refractivity contribution < 1.29 is 4.79 Å². The van der Waals surface area contributed by atoms with Gasteiger partial charge in [0.2, 0.25) is 0 Å². The van der Waals surface area contributed by atoms with Gasteiger partial charge < -0.3 is 0 Å². The zero-order valence-electron chi connectivity index (χ0n) is 9.64. The number of benzene rings is 1. The smallest absolute Gasteiger partial charge is 0.267 e. The fourth-order valence-electron chi connectivity index (χ4n) is 1.03. The van der Waals surface area contributed by atoms with Crippen molar-refractivity contribution in [3.8, 4) is 0 Å². The summed E-state index contributed by atoms with van der Waals surface area (Å²) in [7, 11) is 0. The molecule has 1 rings (SSSR count). The van der Waals surface area contributed by atoms with Crippen molar-refractivity contribution in [2.75, 3.05) is 0 Å².